The monoisotopic (exact) mass is 241 g/mol. The Kier molecular flexibility index (Phi) is 6.43. The summed E-state index contributed by atoms with van der Waals surface area (Å²) < 4.78 is 0. The average molecular weight is 242 g/mol. The molecule has 1 heterocycles. The standard InChI is InChI=1S/C13H20ClNO/c1-2-3-4-5-6-9-12(16)13-11(14)8-7-10-15-13/h7-8,10,12,16H,2-6,9H2,1H3. The lowest BCUT2D eigenvalue weighted by Gasteiger charge is -2.10. The van der Waals surface area contributed by atoms with E-state index in [0.29, 0.717) is 10.7 Å². The number of pyridine rings is 1. The Labute approximate surface area is 103 Å². The predicted octanol–water partition coefficient (Wildman–Crippen LogP) is 4.13. The Balaban J connectivity index is 2.30. The summed E-state index contributed by atoms with van der Waals surface area (Å²) in [4.78, 5) is 4.11. The van der Waals surface area contributed by atoms with E-state index in [4.69, 9.17) is 11.6 Å². The Morgan fingerprint density at radius 1 is 1.31 bits per heavy atom. The summed E-state index contributed by atoms with van der Waals surface area (Å²) in [5, 5.41) is 10.5. The molecule has 1 atom stereocenters. The number of hydrogen-bond acceptors (Lipinski definition) is 2. The minimum Gasteiger partial charge on any atom is -0.387 e. The highest BCUT2D eigenvalue weighted by Crippen LogP contribution is 2.24. The summed E-state index contributed by atoms with van der Waals surface area (Å²) in [6.45, 7) is 2.20. The third-order valence-electron chi connectivity index (χ3n) is 2.68. The number of rotatable bonds is 7. The van der Waals surface area contributed by atoms with Gasteiger partial charge >= 0.3 is 0 Å². The molecule has 0 bridgehead atoms. The molecule has 3 heteroatoms. The van der Waals surface area contributed by atoms with Crippen LogP contribution in [-0.2, 0) is 0 Å². The van der Waals surface area contributed by atoms with Gasteiger partial charge in [0.05, 0.1) is 16.8 Å². The molecule has 0 saturated carbocycles. The summed E-state index contributed by atoms with van der Waals surface area (Å²) in [5.74, 6) is 0. The van der Waals surface area contributed by atoms with Gasteiger partial charge in [0.25, 0.3) is 0 Å². The molecule has 0 aliphatic heterocycles. The quantitative estimate of drug-likeness (QED) is 0.729. The number of aromatic nitrogens is 1. The number of unbranched alkanes of at least 4 members (excludes halogenated alkanes) is 4. The van der Waals surface area contributed by atoms with Crippen molar-refractivity contribution in [2.75, 3.05) is 0 Å². The first-order valence-electron chi connectivity index (χ1n) is 6.04. The van der Waals surface area contributed by atoms with Crippen molar-refractivity contribution in [3.63, 3.8) is 0 Å². The molecule has 1 aromatic rings. The number of aliphatic hydroxyl groups excluding tert-OH is 1. The molecule has 0 aromatic carbocycles. The van der Waals surface area contributed by atoms with Gasteiger partial charge in [-0.25, -0.2) is 0 Å². The van der Waals surface area contributed by atoms with Gasteiger partial charge in [0, 0.05) is 6.20 Å². The molecule has 1 rings (SSSR count). The van der Waals surface area contributed by atoms with Crippen LogP contribution in [0.25, 0.3) is 0 Å². The van der Waals surface area contributed by atoms with Crippen molar-refractivity contribution < 1.29 is 5.11 Å². The van der Waals surface area contributed by atoms with Gasteiger partial charge in [-0.05, 0) is 18.6 Å². The van der Waals surface area contributed by atoms with E-state index < -0.39 is 6.10 Å². The fourth-order valence-electron chi connectivity index (χ4n) is 1.72. The third-order valence-corrected chi connectivity index (χ3v) is 3.00. The zero-order valence-corrected chi connectivity index (χ0v) is 10.6. The van der Waals surface area contributed by atoms with E-state index in [1.807, 2.05) is 0 Å². The van der Waals surface area contributed by atoms with E-state index in [2.05, 4.69) is 11.9 Å². The minimum absolute atomic E-state index is 0.518. The summed E-state index contributed by atoms with van der Waals surface area (Å²) >= 11 is 5.96. The molecule has 0 aliphatic carbocycles. The SMILES string of the molecule is CCCCCCCC(O)c1ncccc1Cl. The Bertz CT molecular complexity index is 304. The van der Waals surface area contributed by atoms with Gasteiger partial charge in [0.15, 0.2) is 0 Å². The van der Waals surface area contributed by atoms with Crippen LogP contribution >= 0.6 is 11.6 Å². The van der Waals surface area contributed by atoms with E-state index in [0.717, 1.165) is 12.8 Å². The van der Waals surface area contributed by atoms with E-state index in [9.17, 15) is 5.11 Å². The van der Waals surface area contributed by atoms with Crippen molar-refractivity contribution in [2.45, 2.75) is 51.6 Å². The Morgan fingerprint density at radius 3 is 2.75 bits per heavy atom. The summed E-state index contributed by atoms with van der Waals surface area (Å²) in [5.41, 5.74) is 0.611. The molecule has 1 N–H and O–H groups in total. The van der Waals surface area contributed by atoms with Crippen LogP contribution < -0.4 is 0 Å². The highest BCUT2D eigenvalue weighted by Gasteiger charge is 2.11. The molecule has 1 aromatic heterocycles. The van der Waals surface area contributed by atoms with Crippen LogP contribution in [0.4, 0.5) is 0 Å². The number of aliphatic hydroxyl groups is 1. The minimum atomic E-state index is -0.518. The molecule has 0 radical (unpaired) electrons. The second-order valence-electron chi connectivity index (χ2n) is 4.09. The van der Waals surface area contributed by atoms with Crippen molar-refractivity contribution >= 4 is 11.6 Å². The molecule has 16 heavy (non-hydrogen) atoms. The maximum atomic E-state index is 9.91. The van der Waals surface area contributed by atoms with Gasteiger partial charge in [-0.3, -0.25) is 4.98 Å². The van der Waals surface area contributed by atoms with Crippen molar-refractivity contribution in [2.24, 2.45) is 0 Å². The molecule has 90 valence electrons. The number of nitrogens with zero attached hydrogens (tertiary/aromatic N) is 1. The van der Waals surface area contributed by atoms with Crippen LogP contribution in [0.5, 0.6) is 0 Å². The van der Waals surface area contributed by atoms with E-state index in [1.54, 1.807) is 18.3 Å². The third kappa shape index (κ3) is 4.50. The van der Waals surface area contributed by atoms with Crippen LogP contribution in [0.2, 0.25) is 5.02 Å². The van der Waals surface area contributed by atoms with Crippen molar-refractivity contribution in [1.82, 2.24) is 4.98 Å². The van der Waals surface area contributed by atoms with Crippen LogP contribution in [0.15, 0.2) is 18.3 Å². The summed E-state index contributed by atoms with van der Waals surface area (Å²) in [6.07, 6.45) is 7.88. The van der Waals surface area contributed by atoms with Gasteiger partial charge in [-0.15, -0.1) is 0 Å². The van der Waals surface area contributed by atoms with Crippen molar-refractivity contribution in [3.8, 4) is 0 Å². The fourth-order valence-corrected chi connectivity index (χ4v) is 1.97. The molecule has 0 fully saturated rings. The molecule has 0 aliphatic rings. The van der Waals surface area contributed by atoms with Crippen LogP contribution in [0.1, 0.15) is 57.2 Å². The molecule has 0 amide bonds. The van der Waals surface area contributed by atoms with Crippen LogP contribution in [-0.4, -0.2) is 10.1 Å². The maximum absolute atomic E-state index is 9.91. The Hall–Kier alpha value is -0.600. The van der Waals surface area contributed by atoms with Gasteiger partial charge in [-0.1, -0.05) is 50.6 Å². The van der Waals surface area contributed by atoms with Crippen molar-refractivity contribution in [1.29, 1.82) is 0 Å². The highest BCUT2D eigenvalue weighted by molar-refractivity contribution is 6.31. The molecule has 2 nitrogen and oxygen atoms in total. The predicted molar refractivity (Wildman–Crippen MR) is 67.6 cm³/mol. The van der Waals surface area contributed by atoms with E-state index >= 15 is 0 Å². The lowest BCUT2D eigenvalue weighted by atomic mass is 10.1. The van der Waals surface area contributed by atoms with Gasteiger partial charge in [0.1, 0.15) is 0 Å². The first-order valence-corrected chi connectivity index (χ1v) is 6.42. The smallest absolute Gasteiger partial charge is 0.0974 e. The molecule has 0 saturated heterocycles. The first kappa shape index (κ1) is 13.5. The first-order chi connectivity index (χ1) is 7.75. The second-order valence-corrected chi connectivity index (χ2v) is 4.50. The van der Waals surface area contributed by atoms with Crippen LogP contribution in [0, 0.1) is 0 Å². The zero-order valence-electron chi connectivity index (χ0n) is 9.82. The number of hydrogen-bond donors (Lipinski definition) is 1. The molecular formula is C13H20ClNO. The van der Waals surface area contributed by atoms with Crippen molar-refractivity contribution in [3.05, 3.63) is 29.0 Å². The Morgan fingerprint density at radius 2 is 2.06 bits per heavy atom. The van der Waals surface area contributed by atoms with E-state index in [1.165, 1.54) is 25.7 Å². The zero-order chi connectivity index (χ0) is 11.8. The van der Waals surface area contributed by atoms with Crippen LogP contribution in [0.3, 0.4) is 0 Å². The van der Waals surface area contributed by atoms with Gasteiger partial charge in [0.2, 0.25) is 0 Å². The molecule has 0 spiro atoms. The highest BCUT2D eigenvalue weighted by atomic mass is 35.5. The second kappa shape index (κ2) is 7.64. The average Bonchev–Trinajstić information content (AvgIpc) is 2.29. The largest absolute Gasteiger partial charge is 0.387 e. The van der Waals surface area contributed by atoms with E-state index in [-0.39, 0.29) is 0 Å². The lowest BCUT2D eigenvalue weighted by molar-refractivity contribution is 0.159. The molecular weight excluding hydrogens is 222 g/mol. The van der Waals surface area contributed by atoms with Gasteiger partial charge < -0.3 is 5.11 Å². The lowest BCUT2D eigenvalue weighted by Crippen LogP contribution is -2.01. The summed E-state index contributed by atoms with van der Waals surface area (Å²) in [6, 6.07) is 3.55. The topological polar surface area (TPSA) is 33.1 Å². The maximum Gasteiger partial charge on any atom is 0.0974 e. The molecule has 1 unspecified atom stereocenters. The fraction of sp³-hybridized carbons (Fsp3) is 0.615. The normalized spacial score (nSPS) is 12.7. The van der Waals surface area contributed by atoms with Gasteiger partial charge in [-0.2, -0.15) is 0 Å². The number of halogens is 1. The summed E-state index contributed by atoms with van der Waals surface area (Å²) in [7, 11) is 0.